The maximum Gasteiger partial charge on any atom is 0.272 e. The molecule has 0 atom stereocenters. The van der Waals surface area contributed by atoms with Crippen LogP contribution in [0.5, 0.6) is 0 Å². The standard InChI is InChI=1S/C14H14N2O/c1-10-9-11-5-2-3-6-12(11)15-13(10)14(17)16-7-4-8-16/h2-3,5-6,9H,4,7-8H2,1H3. The number of pyridine rings is 1. The minimum Gasteiger partial charge on any atom is -0.337 e. The molecule has 17 heavy (non-hydrogen) atoms. The summed E-state index contributed by atoms with van der Waals surface area (Å²) in [6.45, 7) is 3.69. The van der Waals surface area contributed by atoms with Crippen LogP contribution < -0.4 is 0 Å². The summed E-state index contributed by atoms with van der Waals surface area (Å²) in [5, 5.41) is 1.09. The second kappa shape index (κ2) is 3.84. The van der Waals surface area contributed by atoms with Crippen molar-refractivity contribution in [3.8, 4) is 0 Å². The summed E-state index contributed by atoms with van der Waals surface area (Å²) in [6.07, 6.45) is 1.11. The van der Waals surface area contributed by atoms with Crippen molar-refractivity contribution in [1.29, 1.82) is 0 Å². The SMILES string of the molecule is Cc1cc2ccccc2nc1C(=O)N1CCC1. The molecule has 0 N–H and O–H groups in total. The van der Waals surface area contributed by atoms with Crippen LogP contribution in [0.15, 0.2) is 30.3 Å². The van der Waals surface area contributed by atoms with Gasteiger partial charge >= 0.3 is 0 Å². The van der Waals surface area contributed by atoms with Gasteiger partial charge in [-0.15, -0.1) is 0 Å². The number of fused-ring (bicyclic) bond motifs is 1. The lowest BCUT2D eigenvalue weighted by Crippen LogP contribution is -2.42. The molecule has 1 aliphatic heterocycles. The minimum atomic E-state index is 0.0690. The molecule has 1 aliphatic rings. The van der Waals surface area contributed by atoms with Crippen LogP contribution >= 0.6 is 0 Å². The monoisotopic (exact) mass is 226 g/mol. The first-order valence-electron chi connectivity index (χ1n) is 5.91. The lowest BCUT2D eigenvalue weighted by Gasteiger charge is -2.30. The number of rotatable bonds is 1. The molecule has 2 aromatic rings. The number of amides is 1. The molecule has 3 rings (SSSR count). The van der Waals surface area contributed by atoms with E-state index in [2.05, 4.69) is 4.98 Å². The summed E-state index contributed by atoms with van der Waals surface area (Å²) >= 11 is 0. The Balaban J connectivity index is 2.09. The quantitative estimate of drug-likeness (QED) is 0.748. The van der Waals surface area contributed by atoms with Gasteiger partial charge in [-0.25, -0.2) is 4.98 Å². The van der Waals surface area contributed by atoms with Crippen LogP contribution in [-0.4, -0.2) is 28.9 Å². The highest BCUT2D eigenvalue weighted by atomic mass is 16.2. The Morgan fingerprint density at radius 1 is 1.29 bits per heavy atom. The number of carbonyl (C=O) groups is 1. The molecule has 0 unspecified atom stereocenters. The van der Waals surface area contributed by atoms with Crippen LogP contribution in [0.1, 0.15) is 22.5 Å². The molecular formula is C14H14N2O. The Kier molecular flexibility index (Phi) is 2.32. The van der Waals surface area contributed by atoms with E-state index >= 15 is 0 Å². The highest BCUT2D eigenvalue weighted by molar-refractivity contribution is 5.96. The molecule has 1 aromatic carbocycles. The Morgan fingerprint density at radius 3 is 2.76 bits per heavy atom. The molecule has 0 aliphatic carbocycles. The molecule has 1 saturated heterocycles. The van der Waals surface area contributed by atoms with Gasteiger partial charge in [0.2, 0.25) is 0 Å². The third-order valence-electron chi connectivity index (χ3n) is 3.26. The Hall–Kier alpha value is -1.90. The maximum atomic E-state index is 12.2. The molecule has 0 bridgehead atoms. The van der Waals surface area contributed by atoms with Crippen molar-refractivity contribution in [3.63, 3.8) is 0 Å². The van der Waals surface area contributed by atoms with Crippen molar-refractivity contribution in [2.24, 2.45) is 0 Å². The summed E-state index contributed by atoms with van der Waals surface area (Å²) in [5.41, 5.74) is 2.45. The summed E-state index contributed by atoms with van der Waals surface area (Å²) in [5.74, 6) is 0.0690. The number of benzene rings is 1. The van der Waals surface area contributed by atoms with Crippen LogP contribution in [0.3, 0.4) is 0 Å². The zero-order valence-electron chi connectivity index (χ0n) is 9.81. The number of para-hydroxylation sites is 1. The van der Waals surface area contributed by atoms with E-state index in [1.54, 1.807) is 0 Å². The average Bonchev–Trinajstić information content (AvgIpc) is 2.25. The van der Waals surface area contributed by atoms with E-state index in [1.165, 1.54) is 0 Å². The van der Waals surface area contributed by atoms with E-state index in [0.29, 0.717) is 5.69 Å². The van der Waals surface area contributed by atoms with Gasteiger partial charge in [0.25, 0.3) is 5.91 Å². The van der Waals surface area contributed by atoms with Crippen molar-refractivity contribution in [3.05, 3.63) is 41.6 Å². The van der Waals surface area contributed by atoms with Gasteiger partial charge in [0, 0.05) is 18.5 Å². The number of hydrogen-bond donors (Lipinski definition) is 0. The number of hydrogen-bond acceptors (Lipinski definition) is 2. The van der Waals surface area contributed by atoms with Gasteiger partial charge in [-0.1, -0.05) is 18.2 Å². The van der Waals surface area contributed by atoms with Gasteiger partial charge in [-0.3, -0.25) is 4.79 Å². The molecule has 0 spiro atoms. The average molecular weight is 226 g/mol. The number of likely N-dealkylation sites (tertiary alicyclic amines) is 1. The predicted octanol–water partition coefficient (Wildman–Crippen LogP) is 2.39. The second-order valence-corrected chi connectivity index (χ2v) is 4.49. The second-order valence-electron chi connectivity index (χ2n) is 4.49. The van der Waals surface area contributed by atoms with E-state index in [9.17, 15) is 4.79 Å². The fourth-order valence-corrected chi connectivity index (χ4v) is 2.11. The van der Waals surface area contributed by atoms with Crippen molar-refractivity contribution in [2.45, 2.75) is 13.3 Å². The molecule has 1 fully saturated rings. The van der Waals surface area contributed by atoms with Crippen molar-refractivity contribution in [1.82, 2.24) is 9.88 Å². The first kappa shape index (κ1) is 10.3. The zero-order chi connectivity index (χ0) is 11.8. The highest BCUT2D eigenvalue weighted by Crippen LogP contribution is 2.19. The van der Waals surface area contributed by atoms with Crippen LogP contribution in [0, 0.1) is 6.92 Å². The van der Waals surface area contributed by atoms with E-state index in [-0.39, 0.29) is 5.91 Å². The van der Waals surface area contributed by atoms with Crippen molar-refractivity contribution < 1.29 is 4.79 Å². The Bertz CT molecular complexity index is 588. The maximum absolute atomic E-state index is 12.2. The lowest BCUT2D eigenvalue weighted by atomic mass is 10.1. The van der Waals surface area contributed by atoms with E-state index in [1.807, 2.05) is 42.2 Å². The molecule has 2 heterocycles. The van der Waals surface area contributed by atoms with E-state index in [0.717, 1.165) is 36.0 Å². The fourth-order valence-electron chi connectivity index (χ4n) is 2.11. The molecular weight excluding hydrogens is 212 g/mol. The largest absolute Gasteiger partial charge is 0.337 e. The van der Waals surface area contributed by atoms with E-state index in [4.69, 9.17) is 0 Å². The number of aromatic nitrogens is 1. The summed E-state index contributed by atoms with van der Waals surface area (Å²) < 4.78 is 0. The van der Waals surface area contributed by atoms with Crippen LogP contribution in [-0.2, 0) is 0 Å². The van der Waals surface area contributed by atoms with Gasteiger partial charge < -0.3 is 4.90 Å². The number of carbonyl (C=O) groups excluding carboxylic acids is 1. The molecule has 1 amide bonds. The van der Waals surface area contributed by atoms with Crippen molar-refractivity contribution in [2.75, 3.05) is 13.1 Å². The van der Waals surface area contributed by atoms with Crippen LogP contribution in [0.2, 0.25) is 0 Å². The third-order valence-corrected chi connectivity index (χ3v) is 3.26. The minimum absolute atomic E-state index is 0.0690. The molecule has 3 nitrogen and oxygen atoms in total. The summed E-state index contributed by atoms with van der Waals surface area (Å²) in [7, 11) is 0. The summed E-state index contributed by atoms with van der Waals surface area (Å²) in [6, 6.07) is 9.94. The third kappa shape index (κ3) is 1.68. The first-order valence-corrected chi connectivity index (χ1v) is 5.91. The fraction of sp³-hybridized carbons (Fsp3) is 0.286. The number of nitrogens with zero attached hydrogens (tertiary/aromatic N) is 2. The normalized spacial score (nSPS) is 14.8. The first-order chi connectivity index (χ1) is 8.25. The van der Waals surface area contributed by atoms with Crippen LogP contribution in [0.4, 0.5) is 0 Å². The summed E-state index contributed by atoms with van der Waals surface area (Å²) in [4.78, 5) is 18.5. The van der Waals surface area contributed by atoms with Gasteiger partial charge in [0.15, 0.2) is 0 Å². The number of aryl methyl sites for hydroxylation is 1. The Labute approximate surface area is 100 Å². The molecule has 1 aromatic heterocycles. The van der Waals surface area contributed by atoms with Gasteiger partial charge in [-0.05, 0) is 31.0 Å². The topological polar surface area (TPSA) is 33.2 Å². The predicted molar refractivity (Wildman–Crippen MR) is 67.0 cm³/mol. The highest BCUT2D eigenvalue weighted by Gasteiger charge is 2.24. The Morgan fingerprint density at radius 2 is 2.06 bits per heavy atom. The van der Waals surface area contributed by atoms with E-state index < -0.39 is 0 Å². The van der Waals surface area contributed by atoms with Crippen molar-refractivity contribution >= 4 is 16.8 Å². The van der Waals surface area contributed by atoms with Gasteiger partial charge in [-0.2, -0.15) is 0 Å². The molecule has 0 radical (unpaired) electrons. The van der Waals surface area contributed by atoms with Gasteiger partial charge in [0.05, 0.1) is 5.52 Å². The molecule has 0 saturated carbocycles. The van der Waals surface area contributed by atoms with Gasteiger partial charge in [0.1, 0.15) is 5.69 Å². The smallest absolute Gasteiger partial charge is 0.272 e. The molecule has 86 valence electrons. The zero-order valence-corrected chi connectivity index (χ0v) is 9.81. The van der Waals surface area contributed by atoms with Crippen LogP contribution in [0.25, 0.3) is 10.9 Å². The lowest BCUT2D eigenvalue weighted by molar-refractivity contribution is 0.0645. The molecule has 3 heteroatoms.